The van der Waals surface area contributed by atoms with Gasteiger partial charge in [-0.2, -0.15) is 0 Å². The van der Waals surface area contributed by atoms with E-state index in [1.54, 1.807) is 11.0 Å². The van der Waals surface area contributed by atoms with Crippen molar-refractivity contribution in [3.63, 3.8) is 0 Å². The molecular formula is C19H24FN3O2. The van der Waals surface area contributed by atoms with Gasteiger partial charge in [0, 0.05) is 36.5 Å². The Balaban J connectivity index is 1.59. The van der Waals surface area contributed by atoms with E-state index in [2.05, 4.69) is 0 Å². The molecule has 1 saturated carbocycles. The molecule has 0 bridgehead atoms. The van der Waals surface area contributed by atoms with Gasteiger partial charge in [-0.15, -0.1) is 0 Å². The maximum atomic E-state index is 14.6. The highest BCUT2D eigenvalue weighted by Crippen LogP contribution is 2.51. The van der Waals surface area contributed by atoms with Crippen LogP contribution in [0.1, 0.15) is 44.1 Å². The number of hydrogen-bond acceptors (Lipinski definition) is 2. The predicted molar refractivity (Wildman–Crippen MR) is 92.8 cm³/mol. The fraction of sp³-hybridized carbons (Fsp3) is 0.579. The molecule has 2 fully saturated rings. The predicted octanol–water partition coefficient (Wildman–Crippen LogP) is 2.77. The van der Waals surface area contributed by atoms with E-state index in [4.69, 9.17) is 5.73 Å². The third-order valence-electron chi connectivity index (χ3n) is 6.26. The van der Waals surface area contributed by atoms with E-state index >= 15 is 0 Å². The van der Waals surface area contributed by atoms with Gasteiger partial charge in [0.05, 0.1) is 5.69 Å². The molecule has 0 unspecified atom stereocenters. The number of piperidine rings is 1. The van der Waals surface area contributed by atoms with Gasteiger partial charge in [-0.3, -0.25) is 4.79 Å². The Hall–Kier alpha value is -2.11. The second-order valence-electron chi connectivity index (χ2n) is 7.65. The van der Waals surface area contributed by atoms with Crippen LogP contribution in [0.3, 0.4) is 0 Å². The number of carbonyl (C=O) groups is 2. The number of anilines is 1. The van der Waals surface area contributed by atoms with Gasteiger partial charge in [-0.1, -0.05) is 18.9 Å². The Kier molecular flexibility index (Phi) is 3.93. The maximum Gasteiger partial charge on any atom is 0.314 e. The summed E-state index contributed by atoms with van der Waals surface area (Å²) in [6, 6.07) is 4.66. The number of primary amides is 1. The van der Waals surface area contributed by atoms with Gasteiger partial charge in [-0.05, 0) is 37.8 Å². The van der Waals surface area contributed by atoms with Crippen LogP contribution in [0.2, 0.25) is 0 Å². The van der Waals surface area contributed by atoms with E-state index in [0.29, 0.717) is 32.5 Å². The summed E-state index contributed by atoms with van der Waals surface area (Å²) in [5, 5.41) is 0. The topological polar surface area (TPSA) is 66.6 Å². The fourth-order valence-corrected chi connectivity index (χ4v) is 4.95. The van der Waals surface area contributed by atoms with Crippen molar-refractivity contribution in [2.45, 2.75) is 43.9 Å². The summed E-state index contributed by atoms with van der Waals surface area (Å²) in [6.45, 7) is 1.62. The molecule has 3 aliphatic rings. The Morgan fingerprint density at radius 1 is 1.16 bits per heavy atom. The minimum absolute atomic E-state index is 0.0692. The largest absolute Gasteiger partial charge is 0.351 e. The van der Waals surface area contributed by atoms with Gasteiger partial charge >= 0.3 is 6.03 Å². The molecule has 1 spiro atoms. The number of nitrogens with zero attached hydrogens (tertiary/aromatic N) is 2. The summed E-state index contributed by atoms with van der Waals surface area (Å²) in [6.07, 6.45) is 5.32. The van der Waals surface area contributed by atoms with Crippen LogP contribution in [0.15, 0.2) is 18.2 Å². The quantitative estimate of drug-likeness (QED) is 0.850. The van der Waals surface area contributed by atoms with Crippen molar-refractivity contribution in [1.82, 2.24) is 4.90 Å². The van der Waals surface area contributed by atoms with Crippen molar-refractivity contribution in [1.29, 1.82) is 0 Å². The highest BCUT2D eigenvalue weighted by Gasteiger charge is 2.48. The summed E-state index contributed by atoms with van der Waals surface area (Å²) in [7, 11) is 0. The first-order valence-electron chi connectivity index (χ1n) is 9.17. The lowest BCUT2D eigenvalue weighted by molar-refractivity contribution is -0.123. The number of hydrogen-bond donors (Lipinski definition) is 1. The third kappa shape index (κ3) is 2.58. The third-order valence-corrected chi connectivity index (χ3v) is 6.26. The van der Waals surface area contributed by atoms with Crippen molar-refractivity contribution >= 4 is 17.6 Å². The Morgan fingerprint density at radius 2 is 1.84 bits per heavy atom. The number of likely N-dealkylation sites (tertiary alicyclic amines) is 1. The fourth-order valence-electron chi connectivity index (χ4n) is 4.95. The standard InChI is InChI=1S/C19H24FN3O2/c20-14-4-3-5-15-16(14)19(8-1-2-9-19)12-23(15)17(24)13-6-10-22(11-7-13)18(21)25/h3-5,13H,1-2,6-12H2,(H2,21,25). The molecule has 2 aliphatic heterocycles. The summed E-state index contributed by atoms with van der Waals surface area (Å²) < 4.78 is 14.6. The molecule has 2 heterocycles. The molecule has 1 saturated heterocycles. The van der Waals surface area contributed by atoms with E-state index in [0.717, 1.165) is 36.9 Å². The maximum absolute atomic E-state index is 14.6. The molecule has 25 heavy (non-hydrogen) atoms. The first kappa shape index (κ1) is 16.4. The van der Waals surface area contributed by atoms with E-state index in [9.17, 15) is 14.0 Å². The molecule has 5 nitrogen and oxygen atoms in total. The van der Waals surface area contributed by atoms with E-state index in [1.807, 2.05) is 11.0 Å². The van der Waals surface area contributed by atoms with Crippen molar-refractivity contribution in [3.05, 3.63) is 29.6 Å². The first-order valence-corrected chi connectivity index (χ1v) is 9.17. The molecule has 134 valence electrons. The number of urea groups is 1. The number of carbonyl (C=O) groups excluding carboxylic acids is 2. The smallest absolute Gasteiger partial charge is 0.314 e. The van der Waals surface area contributed by atoms with E-state index < -0.39 is 6.03 Å². The number of fused-ring (bicyclic) bond motifs is 2. The zero-order valence-electron chi connectivity index (χ0n) is 14.3. The SMILES string of the molecule is NC(=O)N1CCC(C(=O)N2CC3(CCCC3)c3c(F)cccc32)CC1. The summed E-state index contributed by atoms with van der Waals surface area (Å²) in [5.74, 6) is -0.235. The van der Waals surface area contributed by atoms with Crippen molar-refractivity contribution in [3.8, 4) is 0 Å². The zero-order valence-corrected chi connectivity index (χ0v) is 14.3. The van der Waals surface area contributed by atoms with E-state index in [1.165, 1.54) is 6.07 Å². The number of halogens is 1. The van der Waals surface area contributed by atoms with Crippen molar-refractivity contribution in [2.75, 3.05) is 24.5 Å². The highest BCUT2D eigenvalue weighted by molar-refractivity contribution is 5.98. The van der Waals surface area contributed by atoms with Crippen molar-refractivity contribution in [2.24, 2.45) is 11.7 Å². The van der Waals surface area contributed by atoms with E-state index in [-0.39, 0.29) is 23.1 Å². The molecule has 4 rings (SSSR count). The van der Waals surface area contributed by atoms with Gasteiger partial charge in [-0.25, -0.2) is 9.18 Å². The molecule has 1 aromatic carbocycles. The Labute approximate surface area is 147 Å². The average molecular weight is 345 g/mol. The molecule has 3 amide bonds. The molecular weight excluding hydrogens is 321 g/mol. The first-order chi connectivity index (χ1) is 12.0. The Morgan fingerprint density at radius 3 is 2.48 bits per heavy atom. The zero-order chi connectivity index (χ0) is 17.6. The van der Waals surface area contributed by atoms with Crippen LogP contribution in [0.25, 0.3) is 0 Å². The molecule has 1 aromatic rings. The van der Waals surface area contributed by atoms with Crippen molar-refractivity contribution < 1.29 is 14.0 Å². The minimum Gasteiger partial charge on any atom is -0.351 e. The van der Waals surface area contributed by atoms with Gasteiger partial charge in [0.15, 0.2) is 0 Å². The minimum atomic E-state index is -0.426. The lowest BCUT2D eigenvalue weighted by Crippen LogP contribution is -2.46. The number of benzene rings is 1. The summed E-state index contributed by atoms with van der Waals surface area (Å²) in [4.78, 5) is 27.8. The summed E-state index contributed by atoms with van der Waals surface area (Å²) in [5.41, 5.74) is 6.61. The molecule has 0 atom stereocenters. The van der Waals surface area contributed by atoms with Gasteiger partial charge < -0.3 is 15.5 Å². The molecule has 1 aliphatic carbocycles. The summed E-state index contributed by atoms with van der Waals surface area (Å²) >= 11 is 0. The van der Waals surface area contributed by atoms with Crippen LogP contribution >= 0.6 is 0 Å². The number of nitrogens with two attached hydrogens (primary N) is 1. The second kappa shape index (κ2) is 6.00. The lowest BCUT2D eigenvalue weighted by Gasteiger charge is -2.33. The van der Waals surface area contributed by atoms with Crippen LogP contribution in [0.4, 0.5) is 14.9 Å². The van der Waals surface area contributed by atoms with Gasteiger partial charge in [0.1, 0.15) is 5.82 Å². The molecule has 6 heteroatoms. The lowest BCUT2D eigenvalue weighted by atomic mass is 9.80. The average Bonchev–Trinajstić information content (AvgIpc) is 3.21. The Bertz CT molecular complexity index is 707. The monoisotopic (exact) mass is 345 g/mol. The van der Waals surface area contributed by atoms with Crippen LogP contribution in [-0.4, -0.2) is 36.5 Å². The molecule has 0 aromatic heterocycles. The highest BCUT2D eigenvalue weighted by atomic mass is 19.1. The number of amides is 3. The van der Waals surface area contributed by atoms with Gasteiger partial charge in [0.2, 0.25) is 5.91 Å². The van der Waals surface area contributed by atoms with Crippen LogP contribution < -0.4 is 10.6 Å². The molecule has 2 N–H and O–H groups in total. The van der Waals surface area contributed by atoms with Crippen LogP contribution in [0.5, 0.6) is 0 Å². The van der Waals surface area contributed by atoms with Gasteiger partial charge in [0.25, 0.3) is 0 Å². The molecule has 0 radical (unpaired) electrons. The van der Waals surface area contributed by atoms with Crippen LogP contribution in [-0.2, 0) is 10.2 Å². The second-order valence-corrected chi connectivity index (χ2v) is 7.65. The van der Waals surface area contributed by atoms with Crippen LogP contribution in [0, 0.1) is 11.7 Å². The number of rotatable bonds is 1. The normalized spacial score (nSPS) is 22.4.